The first-order valence-corrected chi connectivity index (χ1v) is 9.06. The van der Waals surface area contributed by atoms with Crippen LogP contribution < -0.4 is 15.4 Å². The quantitative estimate of drug-likeness (QED) is 0.215. The molecule has 0 aliphatic rings. The molecule has 0 bridgehead atoms. The summed E-state index contributed by atoms with van der Waals surface area (Å²) in [6.07, 6.45) is 2.04. The molecule has 25 heavy (non-hydrogen) atoms. The number of hydrogen-bond acceptors (Lipinski definition) is 3. The van der Waals surface area contributed by atoms with Gasteiger partial charge in [0.1, 0.15) is 11.9 Å². The van der Waals surface area contributed by atoms with Gasteiger partial charge < -0.3 is 20.1 Å². The summed E-state index contributed by atoms with van der Waals surface area (Å²) in [4.78, 5) is 4.57. The molecule has 1 atom stereocenters. The lowest BCUT2D eigenvalue weighted by atomic mass is 10.3. The van der Waals surface area contributed by atoms with Gasteiger partial charge in [-0.2, -0.15) is 0 Å². The van der Waals surface area contributed by atoms with Crippen molar-refractivity contribution in [2.75, 3.05) is 32.8 Å². The molecule has 0 heterocycles. The number of para-hydroxylation sites is 1. The number of nitrogens with one attached hydrogen (secondary N) is 2. The Labute approximate surface area is 173 Å². The summed E-state index contributed by atoms with van der Waals surface area (Å²) in [7, 11) is 0. The molecule has 0 saturated carbocycles. The molecule has 0 amide bonds. The van der Waals surface area contributed by atoms with Crippen molar-refractivity contribution in [3.63, 3.8) is 0 Å². The molecule has 1 rings (SSSR count). The Kier molecular flexibility index (Phi) is 15.1. The van der Waals surface area contributed by atoms with Gasteiger partial charge in [0.15, 0.2) is 5.96 Å². The summed E-state index contributed by atoms with van der Waals surface area (Å²) in [5.74, 6) is 1.50. The van der Waals surface area contributed by atoms with Crippen LogP contribution in [0.25, 0.3) is 0 Å². The van der Waals surface area contributed by atoms with Crippen molar-refractivity contribution in [1.29, 1.82) is 0 Å². The summed E-state index contributed by atoms with van der Waals surface area (Å²) in [6.45, 7) is 9.90. The Morgan fingerprint density at radius 1 is 1.20 bits per heavy atom. The van der Waals surface area contributed by atoms with Gasteiger partial charge >= 0.3 is 0 Å². The van der Waals surface area contributed by atoms with Gasteiger partial charge in [0.05, 0.1) is 11.6 Å². The molecule has 1 unspecified atom stereocenters. The molecule has 0 fully saturated rings. The van der Waals surface area contributed by atoms with Crippen LogP contribution in [0.2, 0.25) is 5.02 Å². The molecule has 0 aliphatic heterocycles. The lowest BCUT2D eigenvalue weighted by molar-refractivity contribution is 0.143. The van der Waals surface area contributed by atoms with Crippen molar-refractivity contribution >= 4 is 41.5 Å². The Morgan fingerprint density at radius 3 is 2.64 bits per heavy atom. The second-order valence-corrected chi connectivity index (χ2v) is 5.82. The van der Waals surface area contributed by atoms with E-state index in [0.717, 1.165) is 45.1 Å². The maximum absolute atomic E-state index is 6.11. The van der Waals surface area contributed by atoms with E-state index in [0.29, 0.717) is 17.3 Å². The number of rotatable bonds is 11. The highest BCUT2D eigenvalue weighted by atomic mass is 127. The van der Waals surface area contributed by atoms with Gasteiger partial charge in [-0.05, 0) is 45.7 Å². The Balaban J connectivity index is 0.00000576. The van der Waals surface area contributed by atoms with Crippen molar-refractivity contribution in [1.82, 2.24) is 10.6 Å². The fraction of sp³-hybridized carbons (Fsp3) is 0.611. The van der Waals surface area contributed by atoms with Gasteiger partial charge in [0, 0.05) is 26.3 Å². The predicted octanol–water partition coefficient (Wildman–Crippen LogP) is 4.10. The molecular formula is C18H31ClIN3O2. The minimum Gasteiger partial charge on any atom is -0.487 e. The van der Waals surface area contributed by atoms with Crippen molar-refractivity contribution in [2.24, 2.45) is 4.99 Å². The van der Waals surface area contributed by atoms with E-state index in [1.807, 2.05) is 38.1 Å². The zero-order valence-electron chi connectivity index (χ0n) is 15.4. The maximum Gasteiger partial charge on any atom is 0.191 e. The first-order valence-electron chi connectivity index (χ1n) is 8.68. The SMILES string of the molecule is CCNC(=NCC(C)Oc1ccccc1Cl)NCCCCOCC.I. The number of ether oxygens (including phenoxy) is 2. The van der Waals surface area contributed by atoms with Crippen molar-refractivity contribution < 1.29 is 9.47 Å². The highest BCUT2D eigenvalue weighted by molar-refractivity contribution is 14.0. The third kappa shape index (κ3) is 11.5. The number of guanidine groups is 1. The Bertz CT molecular complexity index is 489. The number of hydrogen-bond donors (Lipinski definition) is 2. The van der Waals surface area contributed by atoms with E-state index in [4.69, 9.17) is 21.1 Å². The molecule has 0 spiro atoms. The normalized spacial score (nSPS) is 12.2. The molecule has 1 aromatic carbocycles. The lowest BCUT2D eigenvalue weighted by Crippen LogP contribution is -2.38. The molecule has 0 radical (unpaired) electrons. The van der Waals surface area contributed by atoms with Gasteiger partial charge in [0.2, 0.25) is 0 Å². The van der Waals surface area contributed by atoms with E-state index in [1.54, 1.807) is 0 Å². The van der Waals surface area contributed by atoms with Crippen molar-refractivity contribution in [3.8, 4) is 5.75 Å². The molecular weight excluding hydrogens is 453 g/mol. The molecule has 2 N–H and O–H groups in total. The van der Waals surface area contributed by atoms with Crippen LogP contribution in [0.5, 0.6) is 5.75 Å². The van der Waals surface area contributed by atoms with Crippen molar-refractivity contribution in [2.45, 2.75) is 39.7 Å². The van der Waals surface area contributed by atoms with Crippen LogP contribution in [-0.2, 0) is 4.74 Å². The first-order chi connectivity index (χ1) is 11.7. The van der Waals surface area contributed by atoms with Crippen LogP contribution in [0, 0.1) is 0 Å². The fourth-order valence-electron chi connectivity index (χ4n) is 2.04. The topological polar surface area (TPSA) is 54.9 Å². The smallest absolute Gasteiger partial charge is 0.191 e. The van der Waals surface area contributed by atoms with Crippen LogP contribution in [0.3, 0.4) is 0 Å². The van der Waals surface area contributed by atoms with Crippen LogP contribution in [0.15, 0.2) is 29.3 Å². The largest absolute Gasteiger partial charge is 0.487 e. The van der Waals surface area contributed by atoms with Gasteiger partial charge in [-0.25, -0.2) is 4.99 Å². The predicted molar refractivity (Wildman–Crippen MR) is 117 cm³/mol. The third-order valence-corrected chi connectivity index (χ3v) is 3.54. The standard InChI is InChI=1S/C18H30ClN3O2.HI/c1-4-20-18(21-12-8-9-13-23-5-2)22-14-15(3)24-17-11-7-6-10-16(17)19;/h6-7,10-11,15H,4-5,8-9,12-14H2,1-3H3,(H2,20,21,22);1H. The number of benzene rings is 1. The van der Waals surface area contributed by atoms with Gasteiger partial charge in [0.25, 0.3) is 0 Å². The zero-order chi connectivity index (χ0) is 17.6. The number of unbranched alkanes of at least 4 members (excludes halogenated alkanes) is 1. The van der Waals surface area contributed by atoms with E-state index in [2.05, 4.69) is 22.5 Å². The second kappa shape index (κ2) is 15.5. The molecule has 5 nitrogen and oxygen atoms in total. The highest BCUT2D eigenvalue weighted by Crippen LogP contribution is 2.24. The molecule has 144 valence electrons. The highest BCUT2D eigenvalue weighted by Gasteiger charge is 2.07. The molecule has 7 heteroatoms. The van der Waals surface area contributed by atoms with Crippen LogP contribution >= 0.6 is 35.6 Å². The maximum atomic E-state index is 6.11. The number of halogens is 2. The Hall–Kier alpha value is -0.730. The Morgan fingerprint density at radius 2 is 1.96 bits per heavy atom. The molecule has 0 saturated heterocycles. The van der Waals surface area contributed by atoms with E-state index in [1.165, 1.54) is 0 Å². The summed E-state index contributed by atoms with van der Waals surface area (Å²) in [5, 5.41) is 7.19. The first kappa shape index (κ1) is 24.3. The van der Waals surface area contributed by atoms with Crippen LogP contribution in [0.1, 0.15) is 33.6 Å². The van der Waals surface area contributed by atoms with E-state index < -0.39 is 0 Å². The number of aliphatic imine (C=N–C) groups is 1. The second-order valence-electron chi connectivity index (χ2n) is 5.41. The molecule has 0 aliphatic carbocycles. The summed E-state index contributed by atoms with van der Waals surface area (Å²) in [5.41, 5.74) is 0. The summed E-state index contributed by atoms with van der Waals surface area (Å²) < 4.78 is 11.2. The number of nitrogens with zero attached hydrogens (tertiary/aromatic N) is 1. The van der Waals surface area contributed by atoms with Gasteiger partial charge in [-0.15, -0.1) is 24.0 Å². The van der Waals surface area contributed by atoms with Gasteiger partial charge in [-0.1, -0.05) is 23.7 Å². The average Bonchev–Trinajstić information content (AvgIpc) is 2.57. The summed E-state index contributed by atoms with van der Waals surface area (Å²) >= 11 is 6.11. The lowest BCUT2D eigenvalue weighted by Gasteiger charge is -2.16. The molecule has 1 aromatic rings. The van der Waals surface area contributed by atoms with Crippen LogP contribution in [0.4, 0.5) is 0 Å². The zero-order valence-corrected chi connectivity index (χ0v) is 18.5. The monoisotopic (exact) mass is 483 g/mol. The molecule has 0 aromatic heterocycles. The van der Waals surface area contributed by atoms with Crippen molar-refractivity contribution in [3.05, 3.63) is 29.3 Å². The summed E-state index contributed by atoms with van der Waals surface area (Å²) in [6, 6.07) is 7.48. The van der Waals surface area contributed by atoms with E-state index in [9.17, 15) is 0 Å². The average molecular weight is 484 g/mol. The van der Waals surface area contributed by atoms with Gasteiger partial charge in [-0.3, -0.25) is 0 Å². The minimum atomic E-state index is -0.0571. The third-order valence-electron chi connectivity index (χ3n) is 3.23. The van der Waals surface area contributed by atoms with Crippen LogP contribution in [-0.4, -0.2) is 44.9 Å². The van der Waals surface area contributed by atoms with E-state index >= 15 is 0 Å². The minimum absolute atomic E-state index is 0. The van der Waals surface area contributed by atoms with E-state index in [-0.39, 0.29) is 30.1 Å². The fourth-order valence-corrected chi connectivity index (χ4v) is 2.22.